The molecule has 0 saturated carbocycles. The average molecular weight is 1670 g/mol. The maximum absolute atomic E-state index is 6.53. The molecule has 0 saturated heterocycles. The third kappa shape index (κ3) is 13.8. The van der Waals surface area contributed by atoms with Gasteiger partial charge in [-0.05, 0) is 207 Å². The van der Waals surface area contributed by atoms with E-state index in [1.165, 1.54) is 198 Å². The van der Waals surface area contributed by atoms with Crippen LogP contribution in [0.4, 0.5) is 0 Å². The summed E-state index contributed by atoms with van der Waals surface area (Å²) in [6, 6.07) is 170. The van der Waals surface area contributed by atoms with Crippen LogP contribution in [0.1, 0.15) is 26.3 Å². The second kappa shape index (κ2) is 34.0. The maximum atomic E-state index is 6.53. The Kier molecular flexibility index (Phi) is 20.1. The number of para-hydroxylation sites is 4. The molecule has 3 heterocycles. The van der Waals surface area contributed by atoms with Gasteiger partial charge in [0.05, 0.1) is 0 Å². The zero-order chi connectivity index (χ0) is 89.8. The SMILES string of the molecule is [2H]C.[2H]C.[2H]C.c1ccc(-c2ccc(-c3c4ccccc4c(-c4cccc5c4oc4ccccc45)c4ccccc34)cc2)cc1.c1ccc(-c2ccc3c(-c4c5ccccc5c(-c5ccc6oc7ccc(-c8ccccc8)cc7c6c5)c5ccccc45)cccc3c2)cc1.c1ccc(-c2ccccc2-c2c3ccccc3c(-c3cccc4c3oc3ccccc34)c3ccccc23)cc1. The van der Waals surface area contributed by atoms with Crippen LogP contribution in [0.5, 0.6) is 0 Å². The zero-order valence-corrected chi connectivity index (χ0v) is 72.3. The van der Waals surface area contributed by atoms with E-state index in [0.717, 1.165) is 76.9 Å². The number of benzene rings is 23. The predicted molar refractivity (Wildman–Crippen MR) is 558 cm³/mol. The van der Waals surface area contributed by atoms with E-state index >= 15 is 0 Å². The van der Waals surface area contributed by atoms with Crippen molar-refractivity contribution in [3.63, 3.8) is 0 Å². The van der Waals surface area contributed by atoms with Crippen LogP contribution in [0.15, 0.2) is 486 Å². The van der Waals surface area contributed by atoms with Gasteiger partial charge in [-0.15, -0.1) is 0 Å². The first kappa shape index (κ1) is 76.9. The summed E-state index contributed by atoms with van der Waals surface area (Å²) in [6.45, 7) is 0. The highest BCUT2D eigenvalue weighted by Gasteiger charge is 2.26. The lowest BCUT2D eigenvalue weighted by Gasteiger charge is -2.19. The van der Waals surface area contributed by atoms with Crippen molar-refractivity contribution in [2.75, 3.05) is 0 Å². The second-order valence-corrected chi connectivity index (χ2v) is 32.9. The van der Waals surface area contributed by atoms with Gasteiger partial charge in [-0.3, -0.25) is 0 Å². The first-order chi connectivity index (χ1) is 66.0. The summed E-state index contributed by atoms with van der Waals surface area (Å²) in [5.41, 5.74) is 29.9. The van der Waals surface area contributed by atoms with Crippen molar-refractivity contribution >= 4 is 141 Å². The quantitative estimate of drug-likeness (QED) is 0.128. The number of hydrogen-bond acceptors (Lipinski definition) is 3. The Labute approximate surface area is 760 Å². The van der Waals surface area contributed by atoms with Crippen LogP contribution >= 0.6 is 0 Å². The summed E-state index contributed by atoms with van der Waals surface area (Å²) in [6.07, 6.45) is 0. The Balaban J connectivity index is 0.000000118. The molecule has 26 aromatic rings. The Bertz CT molecular complexity index is 8650. The Hall–Kier alpha value is -16.7. The topological polar surface area (TPSA) is 39.4 Å². The number of fused-ring (bicyclic) bond motifs is 16. The fourth-order valence-corrected chi connectivity index (χ4v) is 20.1. The fraction of sp³-hybridized carbons (Fsp3) is 0.0236. The van der Waals surface area contributed by atoms with Gasteiger partial charge in [0.1, 0.15) is 33.5 Å². The fourth-order valence-electron chi connectivity index (χ4n) is 20.1. The first-order valence-corrected chi connectivity index (χ1v) is 43.6. The molecule has 0 radical (unpaired) electrons. The lowest BCUT2D eigenvalue weighted by atomic mass is 9.83. The molecule has 0 bridgehead atoms. The van der Waals surface area contributed by atoms with Gasteiger partial charge in [0, 0.05) is 58.7 Å². The average Bonchev–Trinajstić information content (AvgIpc) is 1.70. The normalized spacial score (nSPS) is 11.5. The van der Waals surface area contributed by atoms with Crippen molar-refractivity contribution in [2.45, 2.75) is 22.2 Å². The lowest BCUT2D eigenvalue weighted by molar-refractivity contribution is 0.669. The first-order valence-electron chi connectivity index (χ1n) is 46.6. The smallest absolute Gasteiger partial charge is 0.143 e. The molecule has 0 aliphatic carbocycles. The van der Waals surface area contributed by atoms with Gasteiger partial charge in [0.2, 0.25) is 0 Å². The minimum absolute atomic E-state index is 0.903. The molecular weight excluding hydrogens is 1570 g/mol. The van der Waals surface area contributed by atoms with E-state index in [9.17, 15) is 0 Å². The van der Waals surface area contributed by atoms with Gasteiger partial charge in [-0.1, -0.05) is 453 Å². The van der Waals surface area contributed by atoms with Crippen LogP contribution in [0.2, 0.25) is 0 Å². The van der Waals surface area contributed by atoms with Crippen LogP contribution < -0.4 is 0 Å². The van der Waals surface area contributed by atoms with Gasteiger partial charge in [0.15, 0.2) is 0 Å². The summed E-state index contributed by atoms with van der Waals surface area (Å²) in [5.74, 6) is 0. The highest BCUT2D eigenvalue weighted by Crippen LogP contribution is 2.52. The Morgan fingerprint density at radius 1 is 0.131 bits per heavy atom. The monoisotopic (exact) mass is 1670 g/mol. The van der Waals surface area contributed by atoms with Gasteiger partial charge in [0.25, 0.3) is 0 Å². The van der Waals surface area contributed by atoms with E-state index in [-0.39, 0.29) is 0 Å². The Morgan fingerprint density at radius 3 is 0.831 bits per heavy atom. The van der Waals surface area contributed by atoms with E-state index < -0.39 is 0 Å². The molecule has 130 heavy (non-hydrogen) atoms. The van der Waals surface area contributed by atoms with E-state index in [1.807, 2.05) is 12.1 Å². The van der Waals surface area contributed by atoms with Gasteiger partial charge in [-0.2, -0.15) is 0 Å². The van der Waals surface area contributed by atoms with Crippen molar-refractivity contribution in [2.24, 2.45) is 0 Å². The minimum atomic E-state index is 0.903. The summed E-state index contributed by atoms with van der Waals surface area (Å²) in [5, 5.41) is 24.2. The molecule has 0 aliphatic rings. The molecular formula is C127H90O3. The molecule has 0 atom stereocenters. The maximum Gasteiger partial charge on any atom is 0.143 e. The molecule has 3 nitrogen and oxygen atoms in total. The number of furan rings is 3. The molecule has 26 rings (SSSR count). The van der Waals surface area contributed by atoms with Crippen LogP contribution in [0, 0.1) is 0 Å². The second-order valence-electron chi connectivity index (χ2n) is 32.9. The zero-order valence-electron chi connectivity index (χ0n) is 75.3. The summed E-state index contributed by atoms with van der Waals surface area (Å²) in [4.78, 5) is 0. The van der Waals surface area contributed by atoms with Crippen molar-refractivity contribution in [3.05, 3.63) is 473 Å². The summed E-state index contributed by atoms with van der Waals surface area (Å²) in [7, 11) is 3.75. The third-order valence-corrected chi connectivity index (χ3v) is 25.8. The van der Waals surface area contributed by atoms with Gasteiger partial charge < -0.3 is 13.3 Å². The van der Waals surface area contributed by atoms with Crippen LogP contribution in [-0.4, -0.2) is 0 Å². The molecule has 0 spiro atoms. The van der Waals surface area contributed by atoms with E-state index in [1.54, 1.807) is 0 Å². The largest absolute Gasteiger partial charge is 0.456 e. The molecule has 0 fully saturated rings. The van der Waals surface area contributed by atoms with E-state index in [2.05, 4.69) is 461 Å². The number of rotatable bonds is 10. The van der Waals surface area contributed by atoms with Crippen LogP contribution in [-0.2, 0) is 0 Å². The van der Waals surface area contributed by atoms with Crippen molar-refractivity contribution in [1.29, 1.82) is 0 Å². The molecule has 3 aromatic heterocycles. The molecule has 0 aliphatic heterocycles. The molecule has 0 N–H and O–H groups in total. The molecule has 23 aromatic carbocycles. The molecule has 0 amide bonds. The summed E-state index contributed by atoms with van der Waals surface area (Å²) < 4.78 is 36.6. The lowest BCUT2D eigenvalue weighted by Crippen LogP contribution is -1.92. The van der Waals surface area contributed by atoms with Gasteiger partial charge >= 0.3 is 0 Å². The van der Waals surface area contributed by atoms with Crippen molar-refractivity contribution in [1.82, 2.24) is 0 Å². The Morgan fingerprint density at radius 2 is 0.392 bits per heavy atom. The molecule has 3 heteroatoms. The van der Waals surface area contributed by atoms with Crippen LogP contribution in [0.25, 0.3) is 252 Å². The standard InChI is InChI=1S/C48H30O.2C38H24O.3CH4/c1-3-12-31(13-4-1)33-22-25-37-35(28-33)16-11-21-38(37)48-41-19-9-7-17-39(41)47(40-18-8-10-20-42(40)48)36-24-27-46-44(30-36)43-29-34(23-26-45(43)49-46)32-14-5-2-6-15-32;1-2-11-25(12-3-1)26-21-23-27(24-22-26)36-29-14-4-6-16-31(29)37(32-17-7-5-15-30(32)36)34-19-10-18-33-28-13-8-9-20-35(28)39-38(33)34;1-2-13-25(14-3-1)26-15-4-5-17-28(26)36-29-18-6-8-20-31(29)37(32-21-9-7-19-30(32)36)34-23-12-22-33-27-16-10-11-24-35(27)39-38(33)34;;;/h1-30H;2*1-24H;3*1H4/i;;;3*1D. The van der Waals surface area contributed by atoms with E-state index in [4.69, 9.17) is 17.4 Å². The highest BCUT2D eigenvalue weighted by molar-refractivity contribution is 6.28. The minimum Gasteiger partial charge on any atom is -0.456 e. The third-order valence-electron chi connectivity index (χ3n) is 25.8. The molecule has 616 valence electrons. The summed E-state index contributed by atoms with van der Waals surface area (Å²) >= 11 is 0. The number of hydrogen-bond donors (Lipinski definition) is 0. The van der Waals surface area contributed by atoms with Crippen LogP contribution in [0.3, 0.4) is 0 Å². The van der Waals surface area contributed by atoms with Gasteiger partial charge in [-0.25, -0.2) is 0 Å². The van der Waals surface area contributed by atoms with Crippen molar-refractivity contribution < 1.29 is 17.4 Å². The highest BCUT2D eigenvalue weighted by atomic mass is 16.3. The van der Waals surface area contributed by atoms with E-state index in [0.29, 0.717) is 0 Å². The predicted octanol–water partition coefficient (Wildman–Crippen LogP) is 37.4. The van der Waals surface area contributed by atoms with Crippen molar-refractivity contribution in [3.8, 4) is 111 Å². The molecule has 0 unspecified atom stereocenters.